The highest BCUT2D eigenvalue weighted by molar-refractivity contribution is 6.27. The van der Waals surface area contributed by atoms with Gasteiger partial charge in [-0.3, -0.25) is 4.79 Å². The van der Waals surface area contributed by atoms with E-state index in [9.17, 15) is 9.59 Å². The van der Waals surface area contributed by atoms with Crippen LogP contribution in [0.3, 0.4) is 0 Å². The molecule has 0 aliphatic heterocycles. The number of hydrogen-bond donors (Lipinski definition) is 2. The number of carbonyl (C=O) groups is 2. The van der Waals surface area contributed by atoms with Crippen LogP contribution < -0.4 is 5.32 Å². The lowest BCUT2D eigenvalue weighted by atomic mass is 10.1. The van der Waals surface area contributed by atoms with Crippen molar-refractivity contribution < 1.29 is 14.7 Å². The molecule has 1 rings (SSSR count). The lowest BCUT2D eigenvalue weighted by molar-refractivity contribution is -0.141. The lowest BCUT2D eigenvalue weighted by Crippen LogP contribution is -2.42. The van der Waals surface area contributed by atoms with Crippen LogP contribution in [-0.4, -0.2) is 28.9 Å². The first-order valence-corrected chi connectivity index (χ1v) is 5.29. The summed E-state index contributed by atoms with van der Waals surface area (Å²) in [5, 5.41) is 11.3. The third-order valence-corrected chi connectivity index (χ3v) is 2.28. The molecular formula is C11H12ClNO3. The molecule has 0 aliphatic carbocycles. The average Bonchev–Trinajstić information content (AvgIpc) is 2.29. The Morgan fingerprint density at radius 3 is 2.44 bits per heavy atom. The summed E-state index contributed by atoms with van der Waals surface area (Å²) in [4.78, 5) is 21.9. The number of carboxylic acids is 1. The monoisotopic (exact) mass is 241 g/mol. The first kappa shape index (κ1) is 12.5. The second-order valence-electron chi connectivity index (χ2n) is 3.28. The van der Waals surface area contributed by atoms with Gasteiger partial charge in [0.1, 0.15) is 11.9 Å². The standard InChI is InChI=1S/C11H12ClNO3/c12-7-10(14)13-9(11(15)16)6-8-4-2-1-3-5-8/h1-5,9H,6-7H2,(H,13,14)(H,15,16). The van der Waals surface area contributed by atoms with Crippen LogP contribution in [0.4, 0.5) is 0 Å². The summed E-state index contributed by atoms with van der Waals surface area (Å²) in [6.45, 7) is 0. The van der Waals surface area contributed by atoms with Crippen LogP contribution in [0.5, 0.6) is 0 Å². The molecule has 1 aromatic carbocycles. The highest BCUT2D eigenvalue weighted by Crippen LogP contribution is 2.03. The van der Waals surface area contributed by atoms with E-state index in [0.29, 0.717) is 0 Å². The minimum absolute atomic E-state index is 0.238. The Labute approximate surface area is 98.2 Å². The van der Waals surface area contributed by atoms with Gasteiger partial charge in [0.2, 0.25) is 5.91 Å². The average molecular weight is 242 g/mol. The zero-order valence-electron chi connectivity index (χ0n) is 8.52. The van der Waals surface area contributed by atoms with Crippen molar-refractivity contribution in [1.82, 2.24) is 5.32 Å². The van der Waals surface area contributed by atoms with E-state index < -0.39 is 17.9 Å². The fourth-order valence-corrected chi connectivity index (χ4v) is 1.36. The third-order valence-electron chi connectivity index (χ3n) is 2.04. The highest BCUT2D eigenvalue weighted by Gasteiger charge is 2.19. The molecule has 16 heavy (non-hydrogen) atoms. The van der Waals surface area contributed by atoms with Gasteiger partial charge in [0.05, 0.1) is 0 Å². The van der Waals surface area contributed by atoms with Gasteiger partial charge in [0.25, 0.3) is 0 Å². The first-order valence-electron chi connectivity index (χ1n) is 4.75. The van der Waals surface area contributed by atoms with Crippen molar-refractivity contribution in [2.75, 3.05) is 5.88 Å². The molecule has 86 valence electrons. The minimum atomic E-state index is -1.07. The van der Waals surface area contributed by atoms with Crippen molar-refractivity contribution in [2.24, 2.45) is 0 Å². The van der Waals surface area contributed by atoms with Crippen LogP contribution in [0.1, 0.15) is 5.56 Å². The molecular weight excluding hydrogens is 230 g/mol. The van der Waals surface area contributed by atoms with E-state index in [4.69, 9.17) is 16.7 Å². The molecule has 0 fully saturated rings. The normalized spacial score (nSPS) is 11.8. The molecule has 0 radical (unpaired) electrons. The topological polar surface area (TPSA) is 66.4 Å². The van der Waals surface area contributed by atoms with Gasteiger partial charge in [0.15, 0.2) is 0 Å². The van der Waals surface area contributed by atoms with Crippen molar-refractivity contribution >= 4 is 23.5 Å². The highest BCUT2D eigenvalue weighted by atomic mass is 35.5. The number of nitrogens with one attached hydrogen (secondary N) is 1. The Kier molecular flexibility index (Phi) is 4.79. The predicted molar refractivity (Wildman–Crippen MR) is 60.4 cm³/mol. The third kappa shape index (κ3) is 3.90. The molecule has 0 aromatic heterocycles. The second-order valence-corrected chi connectivity index (χ2v) is 3.55. The number of benzene rings is 1. The van der Waals surface area contributed by atoms with Crippen LogP contribution in [0, 0.1) is 0 Å². The molecule has 5 heteroatoms. The number of carbonyl (C=O) groups excluding carboxylic acids is 1. The van der Waals surface area contributed by atoms with Gasteiger partial charge in [-0.2, -0.15) is 0 Å². The van der Waals surface area contributed by atoms with Gasteiger partial charge < -0.3 is 10.4 Å². The Balaban J connectivity index is 2.65. The molecule has 0 bridgehead atoms. The summed E-state index contributed by atoms with van der Waals surface area (Å²) in [5.74, 6) is -1.79. The van der Waals surface area contributed by atoms with E-state index in [1.807, 2.05) is 30.3 Å². The van der Waals surface area contributed by atoms with Crippen LogP contribution >= 0.6 is 11.6 Å². The quantitative estimate of drug-likeness (QED) is 0.757. The Morgan fingerprint density at radius 2 is 1.94 bits per heavy atom. The van der Waals surface area contributed by atoms with Crippen molar-refractivity contribution in [1.29, 1.82) is 0 Å². The Bertz CT molecular complexity index is 367. The zero-order valence-corrected chi connectivity index (χ0v) is 9.28. The van der Waals surface area contributed by atoms with Gasteiger partial charge in [-0.1, -0.05) is 30.3 Å². The van der Waals surface area contributed by atoms with Crippen molar-refractivity contribution in [3.63, 3.8) is 0 Å². The van der Waals surface area contributed by atoms with E-state index in [1.165, 1.54) is 0 Å². The smallest absolute Gasteiger partial charge is 0.326 e. The van der Waals surface area contributed by atoms with Crippen molar-refractivity contribution in [3.05, 3.63) is 35.9 Å². The summed E-state index contributed by atoms with van der Waals surface area (Å²) >= 11 is 5.30. The molecule has 1 atom stereocenters. The zero-order chi connectivity index (χ0) is 12.0. The molecule has 0 aliphatic rings. The molecule has 1 unspecified atom stereocenters. The number of carboxylic acid groups (broad SMARTS) is 1. The fraction of sp³-hybridized carbons (Fsp3) is 0.273. The molecule has 0 heterocycles. The lowest BCUT2D eigenvalue weighted by Gasteiger charge is -2.13. The Morgan fingerprint density at radius 1 is 1.31 bits per heavy atom. The fourth-order valence-electron chi connectivity index (χ4n) is 1.28. The van der Waals surface area contributed by atoms with Crippen LogP contribution in [0.25, 0.3) is 0 Å². The summed E-state index contributed by atoms with van der Waals surface area (Å²) in [7, 11) is 0. The number of aliphatic carboxylic acids is 1. The van der Waals surface area contributed by atoms with Gasteiger partial charge >= 0.3 is 5.97 Å². The maximum Gasteiger partial charge on any atom is 0.326 e. The van der Waals surface area contributed by atoms with E-state index in [2.05, 4.69) is 5.32 Å². The summed E-state index contributed by atoms with van der Waals surface area (Å²) in [5.41, 5.74) is 0.852. The maximum absolute atomic E-state index is 11.0. The van der Waals surface area contributed by atoms with Crippen LogP contribution in [0.2, 0.25) is 0 Å². The largest absolute Gasteiger partial charge is 0.480 e. The maximum atomic E-state index is 11.0. The molecule has 0 spiro atoms. The molecule has 4 nitrogen and oxygen atoms in total. The molecule has 1 aromatic rings. The minimum Gasteiger partial charge on any atom is -0.480 e. The molecule has 1 amide bonds. The molecule has 0 saturated carbocycles. The van der Waals surface area contributed by atoms with Crippen LogP contribution in [-0.2, 0) is 16.0 Å². The number of amides is 1. The summed E-state index contributed by atoms with van der Waals surface area (Å²) < 4.78 is 0. The number of rotatable bonds is 5. The summed E-state index contributed by atoms with van der Waals surface area (Å²) in [6.07, 6.45) is 0.249. The van der Waals surface area contributed by atoms with E-state index in [0.717, 1.165) is 5.56 Å². The second kappa shape index (κ2) is 6.12. The number of hydrogen-bond acceptors (Lipinski definition) is 2. The number of alkyl halides is 1. The predicted octanol–water partition coefficient (Wildman–Crippen LogP) is 1.04. The Hall–Kier alpha value is -1.55. The van der Waals surface area contributed by atoms with Gasteiger partial charge in [-0.05, 0) is 5.56 Å². The van der Waals surface area contributed by atoms with Gasteiger partial charge in [-0.15, -0.1) is 11.6 Å². The van der Waals surface area contributed by atoms with Crippen molar-refractivity contribution in [2.45, 2.75) is 12.5 Å². The van der Waals surface area contributed by atoms with Gasteiger partial charge in [-0.25, -0.2) is 4.79 Å². The molecule has 0 saturated heterocycles. The van der Waals surface area contributed by atoms with E-state index in [1.54, 1.807) is 0 Å². The van der Waals surface area contributed by atoms with Gasteiger partial charge in [0, 0.05) is 6.42 Å². The number of halogens is 1. The first-order chi connectivity index (χ1) is 7.63. The van der Waals surface area contributed by atoms with Crippen LogP contribution in [0.15, 0.2) is 30.3 Å². The van der Waals surface area contributed by atoms with E-state index >= 15 is 0 Å². The molecule has 2 N–H and O–H groups in total. The summed E-state index contributed by atoms with van der Waals surface area (Å²) in [6, 6.07) is 8.16. The van der Waals surface area contributed by atoms with E-state index in [-0.39, 0.29) is 12.3 Å². The van der Waals surface area contributed by atoms with Crippen molar-refractivity contribution in [3.8, 4) is 0 Å². The SMILES string of the molecule is O=C(CCl)NC(Cc1ccccc1)C(=O)O.